The Morgan fingerprint density at radius 1 is 0.727 bits per heavy atom. The Morgan fingerprint density at radius 2 is 1.14 bits per heavy atom. The predicted molar refractivity (Wildman–Crippen MR) is 94.4 cm³/mol. The lowest BCUT2D eigenvalue weighted by Gasteiger charge is -2.21. The Bertz CT molecular complexity index is 670. The summed E-state index contributed by atoms with van der Waals surface area (Å²) in [6.45, 7) is 5.29. The smallest absolute Gasteiger partial charge is 0.416 e. The van der Waals surface area contributed by atoms with Crippen LogP contribution in [0.5, 0.6) is 11.5 Å². The highest BCUT2D eigenvalue weighted by atomic mass is 32.5. The van der Waals surface area contributed by atoms with Crippen molar-refractivity contribution in [3.05, 3.63) is 58.7 Å². The van der Waals surface area contributed by atoms with Gasteiger partial charge in [-0.05, 0) is 74.2 Å². The van der Waals surface area contributed by atoms with Crippen molar-refractivity contribution in [3.8, 4) is 11.5 Å². The summed E-state index contributed by atoms with van der Waals surface area (Å²) in [5.74, 6) is 1.33. The van der Waals surface area contributed by atoms with Crippen LogP contribution in [0.4, 0.5) is 0 Å². The van der Waals surface area contributed by atoms with E-state index in [1.807, 2.05) is 50.2 Å². The fourth-order valence-electron chi connectivity index (χ4n) is 1.89. The van der Waals surface area contributed by atoms with Crippen LogP contribution in [0.2, 0.25) is 0 Å². The van der Waals surface area contributed by atoms with E-state index in [1.54, 1.807) is 0 Å². The molecule has 0 fully saturated rings. The lowest BCUT2D eigenvalue weighted by molar-refractivity contribution is 0.319. The molecule has 0 unspecified atom stereocenters. The Balaban J connectivity index is 2.22. The summed E-state index contributed by atoms with van der Waals surface area (Å²) in [7, 11) is 1.52. The van der Waals surface area contributed by atoms with Gasteiger partial charge in [0.05, 0.1) is 0 Å². The Kier molecular flexibility index (Phi) is 5.28. The molecule has 0 N–H and O–H groups in total. The monoisotopic (exact) mass is 336 g/mol. The minimum Gasteiger partial charge on any atom is -0.416 e. The predicted octanol–water partition coefficient (Wildman–Crippen LogP) is 5.25. The summed E-state index contributed by atoms with van der Waals surface area (Å²) in [6, 6.07) is 11.6. The first-order valence-electron chi connectivity index (χ1n) is 7.02. The molecule has 0 aromatic heterocycles. The van der Waals surface area contributed by atoms with Crippen molar-refractivity contribution in [2.24, 2.45) is 0 Å². The van der Waals surface area contributed by atoms with Gasteiger partial charge in [0.25, 0.3) is 0 Å². The molecule has 5 heteroatoms. The summed E-state index contributed by atoms with van der Waals surface area (Å²) >= 11 is 5.46. The van der Waals surface area contributed by atoms with Gasteiger partial charge in [0, 0.05) is 18.9 Å². The fraction of sp³-hybridized carbons (Fsp3) is 0.294. The average molecular weight is 336 g/mol. The molecule has 0 amide bonds. The minimum absolute atomic E-state index is 0.664. The van der Waals surface area contributed by atoms with E-state index in [2.05, 4.69) is 13.8 Å². The Morgan fingerprint density at radius 3 is 1.45 bits per heavy atom. The quantitative estimate of drug-likeness (QED) is 0.697. The second kappa shape index (κ2) is 6.82. The summed E-state index contributed by atoms with van der Waals surface area (Å²) in [4.78, 5) is 0. The molecular weight excluding hydrogens is 315 g/mol. The zero-order chi connectivity index (χ0) is 16.3. The molecule has 0 heterocycles. The molecule has 0 radical (unpaired) electrons. The maximum absolute atomic E-state index is 5.84. The topological polar surface area (TPSA) is 27.7 Å². The van der Waals surface area contributed by atoms with Gasteiger partial charge in [0.15, 0.2) is 0 Å². The molecule has 118 valence electrons. The van der Waals surface area contributed by atoms with Crippen LogP contribution in [-0.2, 0) is 16.3 Å². The lowest BCUT2D eigenvalue weighted by Crippen LogP contribution is -2.03. The van der Waals surface area contributed by atoms with Gasteiger partial charge in [-0.25, -0.2) is 0 Å². The van der Waals surface area contributed by atoms with E-state index in [-0.39, 0.29) is 0 Å². The third-order valence-electron chi connectivity index (χ3n) is 3.61. The van der Waals surface area contributed by atoms with Crippen LogP contribution in [0.15, 0.2) is 36.4 Å². The Labute approximate surface area is 137 Å². The highest BCUT2D eigenvalue weighted by molar-refractivity contribution is 8.07. The lowest BCUT2D eigenvalue weighted by atomic mass is 10.1. The normalized spacial score (nSPS) is 11.3. The van der Waals surface area contributed by atoms with E-state index in [0.29, 0.717) is 11.5 Å². The molecule has 22 heavy (non-hydrogen) atoms. The molecular formula is C17H21O3PS. The molecule has 0 atom stereocenters. The molecule has 2 aromatic rings. The van der Waals surface area contributed by atoms with Gasteiger partial charge < -0.3 is 9.05 Å². The van der Waals surface area contributed by atoms with E-state index < -0.39 is 6.72 Å². The second-order valence-electron chi connectivity index (χ2n) is 5.30. The first-order chi connectivity index (χ1) is 10.3. The molecule has 0 aliphatic rings. The fourth-order valence-corrected chi connectivity index (χ4v) is 3.34. The van der Waals surface area contributed by atoms with Crippen molar-refractivity contribution in [1.82, 2.24) is 0 Å². The maximum Gasteiger partial charge on any atom is 0.434 e. The summed E-state index contributed by atoms with van der Waals surface area (Å²) in [6.07, 6.45) is 0. The molecule has 0 saturated carbocycles. The van der Waals surface area contributed by atoms with Crippen molar-refractivity contribution >= 4 is 18.5 Å². The average Bonchev–Trinajstić information content (AvgIpc) is 2.47. The number of benzene rings is 2. The van der Waals surface area contributed by atoms with Crippen LogP contribution < -0.4 is 9.05 Å². The Hall–Kier alpha value is -1.35. The third kappa shape index (κ3) is 4.10. The highest BCUT2D eigenvalue weighted by Crippen LogP contribution is 2.49. The van der Waals surface area contributed by atoms with Crippen molar-refractivity contribution in [3.63, 3.8) is 0 Å². The first-order valence-corrected chi connectivity index (χ1v) is 9.58. The molecule has 2 rings (SSSR count). The SMILES string of the molecule is COP(=S)(Oc1ccc(C)c(C)c1)Oc1ccc(C)c(C)c1. The zero-order valence-electron chi connectivity index (χ0n) is 13.5. The van der Waals surface area contributed by atoms with Crippen LogP contribution in [-0.4, -0.2) is 7.11 Å². The van der Waals surface area contributed by atoms with Crippen molar-refractivity contribution in [2.45, 2.75) is 27.7 Å². The van der Waals surface area contributed by atoms with Gasteiger partial charge in [-0.1, -0.05) is 12.1 Å². The molecule has 0 aliphatic carbocycles. The molecule has 0 saturated heterocycles. The van der Waals surface area contributed by atoms with Gasteiger partial charge in [0.1, 0.15) is 11.5 Å². The maximum atomic E-state index is 5.84. The molecule has 3 nitrogen and oxygen atoms in total. The third-order valence-corrected chi connectivity index (χ3v) is 5.83. The minimum atomic E-state index is -2.88. The second-order valence-corrected chi connectivity index (χ2v) is 8.27. The first kappa shape index (κ1) is 17.0. The van der Waals surface area contributed by atoms with E-state index in [0.717, 1.165) is 11.1 Å². The number of hydrogen-bond acceptors (Lipinski definition) is 4. The van der Waals surface area contributed by atoms with Gasteiger partial charge in [0.2, 0.25) is 0 Å². The van der Waals surface area contributed by atoms with Crippen molar-refractivity contribution in [2.75, 3.05) is 7.11 Å². The van der Waals surface area contributed by atoms with Crippen LogP contribution >= 0.6 is 6.72 Å². The van der Waals surface area contributed by atoms with Crippen molar-refractivity contribution < 1.29 is 13.6 Å². The largest absolute Gasteiger partial charge is 0.434 e. The summed E-state index contributed by atoms with van der Waals surface area (Å²) in [5, 5.41) is 0. The number of aryl methyl sites for hydroxylation is 4. The summed E-state index contributed by atoms with van der Waals surface area (Å²) in [5.41, 5.74) is 4.68. The standard InChI is InChI=1S/C17H21O3PS/c1-12-6-8-16(10-14(12)3)19-21(22,18-5)20-17-9-7-13(2)15(4)11-17/h6-11H,1-5H3. The molecule has 2 aromatic carbocycles. The number of rotatable bonds is 5. The van der Waals surface area contributed by atoms with Crippen molar-refractivity contribution in [1.29, 1.82) is 0 Å². The summed E-state index contributed by atoms with van der Waals surface area (Å²) < 4.78 is 17.1. The van der Waals surface area contributed by atoms with Gasteiger partial charge in [-0.2, -0.15) is 0 Å². The number of hydrogen-bond donors (Lipinski definition) is 0. The highest BCUT2D eigenvalue weighted by Gasteiger charge is 2.23. The van der Waals surface area contributed by atoms with Crippen LogP contribution in [0.1, 0.15) is 22.3 Å². The molecule has 0 bridgehead atoms. The van der Waals surface area contributed by atoms with Gasteiger partial charge in [-0.15, -0.1) is 0 Å². The van der Waals surface area contributed by atoms with Gasteiger partial charge >= 0.3 is 6.72 Å². The van der Waals surface area contributed by atoms with Crippen LogP contribution in [0.3, 0.4) is 0 Å². The zero-order valence-corrected chi connectivity index (χ0v) is 15.3. The van der Waals surface area contributed by atoms with E-state index in [4.69, 9.17) is 25.4 Å². The van der Waals surface area contributed by atoms with Crippen LogP contribution in [0, 0.1) is 27.7 Å². The van der Waals surface area contributed by atoms with Crippen LogP contribution in [0.25, 0.3) is 0 Å². The molecule has 0 aliphatic heterocycles. The van der Waals surface area contributed by atoms with E-state index >= 15 is 0 Å². The molecule has 0 spiro atoms. The van der Waals surface area contributed by atoms with Gasteiger partial charge in [-0.3, -0.25) is 4.52 Å². The van der Waals surface area contributed by atoms with E-state index in [9.17, 15) is 0 Å². The van der Waals surface area contributed by atoms with E-state index in [1.165, 1.54) is 18.2 Å².